The highest BCUT2D eigenvalue weighted by atomic mass is 16.3. The average molecular weight is 243 g/mol. The van der Waals surface area contributed by atoms with E-state index in [1.165, 1.54) is 5.56 Å². The monoisotopic (exact) mass is 243 g/mol. The molecule has 3 nitrogen and oxygen atoms in total. The third kappa shape index (κ3) is 3.09. The minimum absolute atomic E-state index is 0.0468. The van der Waals surface area contributed by atoms with Crippen LogP contribution >= 0.6 is 0 Å². The van der Waals surface area contributed by atoms with Gasteiger partial charge >= 0.3 is 0 Å². The lowest BCUT2D eigenvalue weighted by Crippen LogP contribution is -2.01. The number of hydrogen-bond acceptors (Lipinski definition) is 3. The second kappa shape index (κ2) is 6.19. The number of nitrogens with one attached hydrogen (secondary N) is 1. The SMILES string of the molecule is OCc1ccc(NCc2ccccc2)cc1CO. The molecule has 0 aliphatic heterocycles. The van der Waals surface area contributed by atoms with Gasteiger partial charge in [-0.15, -0.1) is 0 Å². The Balaban J connectivity index is 2.06. The first-order chi connectivity index (χ1) is 8.83. The van der Waals surface area contributed by atoms with Gasteiger partial charge in [0, 0.05) is 12.2 Å². The predicted molar refractivity (Wildman–Crippen MR) is 72.1 cm³/mol. The first-order valence-electron chi connectivity index (χ1n) is 5.95. The molecule has 0 amide bonds. The van der Waals surface area contributed by atoms with E-state index in [-0.39, 0.29) is 13.2 Å². The number of aliphatic hydroxyl groups excluding tert-OH is 2. The van der Waals surface area contributed by atoms with Crippen molar-refractivity contribution in [3.63, 3.8) is 0 Å². The Morgan fingerprint density at radius 3 is 2.22 bits per heavy atom. The lowest BCUT2D eigenvalue weighted by atomic mass is 10.1. The molecule has 0 radical (unpaired) electrons. The van der Waals surface area contributed by atoms with Gasteiger partial charge in [-0.1, -0.05) is 36.4 Å². The van der Waals surface area contributed by atoms with Crippen LogP contribution in [0.4, 0.5) is 5.69 Å². The molecule has 0 aliphatic carbocycles. The lowest BCUT2D eigenvalue weighted by Gasteiger charge is -2.10. The summed E-state index contributed by atoms with van der Waals surface area (Å²) in [5, 5.41) is 21.6. The highest BCUT2D eigenvalue weighted by Crippen LogP contribution is 2.17. The standard InChI is InChI=1S/C15H17NO2/c17-10-13-6-7-15(8-14(13)11-18)16-9-12-4-2-1-3-5-12/h1-8,16-18H,9-11H2. The van der Waals surface area contributed by atoms with Gasteiger partial charge in [-0.2, -0.15) is 0 Å². The van der Waals surface area contributed by atoms with Crippen LogP contribution in [0.1, 0.15) is 16.7 Å². The molecule has 0 spiro atoms. The van der Waals surface area contributed by atoms with Crippen LogP contribution in [0.25, 0.3) is 0 Å². The van der Waals surface area contributed by atoms with Crippen molar-refractivity contribution >= 4 is 5.69 Å². The summed E-state index contributed by atoms with van der Waals surface area (Å²) in [7, 11) is 0. The summed E-state index contributed by atoms with van der Waals surface area (Å²) in [5.74, 6) is 0. The molecule has 0 aliphatic rings. The molecule has 3 heteroatoms. The summed E-state index contributed by atoms with van der Waals surface area (Å²) in [4.78, 5) is 0. The Bertz CT molecular complexity index is 497. The highest BCUT2D eigenvalue weighted by molar-refractivity contribution is 5.49. The van der Waals surface area contributed by atoms with Gasteiger partial charge in [0.05, 0.1) is 13.2 Å². The van der Waals surface area contributed by atoms with Crippen molar-refractivity contribution in [2.24, 2.45) is 0 Å². The number of benzene rings is 2. The van der Waals surface area contributed by atoms with Gasteiger partial charge < -0.3 is 15.5 Å². The molecule has 18 heavy (non-hydrogen) atoms. The molecule has 0 saturated heterocycles. The second-order valence-corrected chi connectivity index (χ2v) is 4.14. The first kappa shape index (κ1) is 12.6. The molecule has 2 aromatic rings. The average Bonchev–Trinajstić information content (AvgIpc) is 2.45. The Hall–Kier alpha value is -1.84. The fraction of sp³-hybridized carbons (Fsp3) is 0.200. The molecule has 3 N–H and O–H groups in total. The van der Waals surface area contributed by atoms with E-state index >= 15 is 0 Å². The van der Waals surface area contributed by atoms with Gasteiger partial charge in [0.15, 0.2) is 0 Å². The fourth-order valence-electron chi connectivity index (χ4n) is 1.84. The summed E-state index contributed by atoms with van der Waals surface area (Å²) in [6.07, 6.45) is 0. The van der Waals surface area contributed by atoms with Crippen molar-refractivity contribution in [2.75, 3.05) is 5.32 Å². The largest absolute Gasteiger partial charge is 0.392 e. The van der Waals surface area contributed by atoms with Crippen molar-refractivity contribution in [3.8, 4) is 0 Å². The van der Waals surface area contributed by atoms with Gasteiger partial charge in [0.2, 0.25) is 0 Å². The zero-order valence-electron chi connectivity index (χ0n) is 10.1. The van der Waals surface area contributed by atoms with Crippen LogP contribution in [-0.4, -0.2) is 10.2 Å². The van der Waals surface area contributed by atoms with E-state index in [4.69, 9.17) is 5.11 Å². The Labute approximate surface area is 107 Å². The maximum atomic E-state index is 9.22. The third-order valence-corrected chi connectivity index (χ3v) is 2.89. The second-order valence-electron chi connectivity index (χ2n) is 4.14. The first-order valence-corrected chi connectivity index (χ1v) is 5.95. The molecule has 0 unspecified atom stereocenters. The van der Waals surface area contributed by atoms with Gasteiger partial charge in [0.1, 0.15) is 0 Å². The zero-order valence-corrected chi connectivity index (χ0v) is 10.1. The summed E-state index contributed by atoms with van der Waals surface area (Å²) in [6, 6.07) is 15.7. The van der Waals surface area contributed by atoms with Crippen LogP contribution in [0.3, 0.4) is 0 Å². The van der Waals surface area contributed by atoms with E-state index in [0.29, 0.717) is 0 Å². The Morgan fingerprint density at radius 2 is 1.56 bits per heavy atom. The van der Waals surface area contributed by atoms with E-state index in [1.54, 1.807) is 0 Å². The lowest BCUT2D eigenvalue weighted by molar-refractivity contribution is 0.260. The van der Waals surface area contributed by atoms with Gasteiger partial charge in [0.25, 0.3) is 0 Å². The topological polar surface area (TPSA) is 52.5 Å². The van der Waals surface area contributed by atoms with E-state index in [2.05, 4.69) is 17.4 Å². The maximum Gasteiger partial charge on any atom is 0.0686 e. The summed E-state index contributed by atoms with van der Waals surface area (Å²) < 4.78 is 0. The zero-order chi connectivity index (χ0) is 12.8. The van der Waals surface area contributed by atoms with Crippen molar-refractivity contribution in [1.82, 2.24) is 0 Å². The number of anilines is 1. The quantitative estimate of drug-likeness (QED) is 0.755. The molecule has 0 heterocycles. The number of hydrogen-bond donors (Lipinski definition) is 3. The highest BCUT2D eigenvalue weighted by Gasteiger charge is 2.02. The summed E-state index contributed by atoms with van der Waals surface area (Å²) in [6.45, 7) is 0.635. The molecule has 0 atom stereocenters. The summed E-state index contributed by atoms with van der Waals surface area (Å²) >= 11 is 0. The fourth-order valence-corrected chi connectivity index (χ4v) is 1.84. The number of aliphatic hydroxyl groups is 2. The minimum Gasteiger partial charge on any atom is -0.392 e. The van der Waals surface area contributed by atoms with Crippen molar-refractivity contribution in [2.45, 2.75) is 19.8 Å². The van der Waals surface area contributed by atoms with Gasteiger partial charge in [-0.25, -0.2) is 0 Å². The molecule has 2 rings (SSSR count). The molecule has 0 aromatic heterocycles. The van der Waals surface area contributed by atoms with Crippen LogP contribution in [0.15, 0.2) is 48.5 Å². The third-order valence-electron chi connectivity index (χ3n) is 2.89. The molecule has 94 valence electrons. The molecular weight excluding hydrogens is 226 g/mol. The van der Waals surface area contributed by atoms with Crippen molar-refractivity contribution in [1.29, 1.82) is 0 Å². The Kier molecular flexibility index (Phi) is 4.34. The minimum atomic E-state index is -0.0588. The smallest absolute Gasteiger partial charge is 0.0686 e. The maximum absolute atomic E-state index is 9.22. The van der Waals surface area contributed by atoms with Gasteiger partial charge in [-0.3, -0.25) is 0 Å². The van der Waals surface area contributed by atoms with Gasteiger partial charge in [-0.05, 0) is 28.8 Å². The van der Waals surface area contributed by atoms with Crippen molar-refractivity contribution in [3.05, 3.63) is 65.2 Å². The van der Waals surface area contributed by atoms with Crippen LogP contribution in [0, 0.1) is 0 Å². The number of rotatable bonds is 5. The normalized spacial score (nSPS) is 10.3. The van der Waals surface area contributed by atoms with E-state index in [0.717, 1.165) is 23.4 Å². The summed E-state index contributed by atoms with van der Waals surface area (Å²) in [5.41, 5.74) is 3.67. The molecule has 0 saturated carbocycles. The predicted octanol–water partition coefficient (Wildman–Crippen LogP) is 2.28. The van der Waals surface area contributed by atoms with E-state index < -0.39 is 0 Å². The molecular formula is C15H17NO2. The Morgan fingerprint density at radius 1 is 0.833 bits per heavy atom. The molecule has 0 fully saturated rings. The van der Waals surface area contributed by atoms with Crippen LogP contribution < -0.4 is 5.32 Å². The van der Waals surface area contributed by atoms with Crippen LogP contribution in [0.2, 0.25) is 0 Å². The van der Waals surface area contributed by atoms with Crippen LogP contribution in [0.5, 0.6) is 0 Å². The van der Waals surface area contributed by atoms with E-state index in [1.807, 2.05) is 36.4 Å². The molecule has 2 aromatic carbocycles. The van der Waals surface area contributed by atoms with E-state index in [9.17, 15) is 5.11 Å². The van der Waals surface area contributed by atoms with Crippen molar-refractivity contribution < 1.29 is 10.2 Å². The molecule has 0 bridgehead atoms. The van der Waals surface area contributed by atoms with Crippen LogP contribution in [-0.2, 0) is 19.8 Å².